The van der Waals surface area contributed by atoms with Crippen molar-refractivity contribution in [2.24, 2.45) is 0 Å². The van der Waals surface area contributed by atoms with Gasteiger partial charge in [0, 0.05) is 43.7 Å². The minimum atomic E-state index is -0.0444. The highest BCUT2D eigenvalue weighted by molar-refractivity contribution is 7.99. The summed E-state index contributed by atoms with van der Waals surface area (Å²) in [6.45, 7) is 5.80. The van der Waals surface area contributed by atoms with Crippen LogP contribution in [0.2, 0.25) is 5.02 Å². The quantitative estimate of drug-likeness (QED) is 0.902. The lowest BCUT2D eigenvalue weighted by atomic mass is 10.0. The van der Waals surface area contributed by atoms with Crippen molar-refractivity contribution in [1.29, 1.82) is 0 Å². The summed E-state index contributed by atoms with van der Waals surface area (Å²) < 4.78 is 0. The van der Waals surface area contributed by atoms with E-state index in [0.29, 0.717) is 16.8 Å². The molecule has 2 fully saturated rings. The van der Waals surface area contributed by atoms with Gasteiger partial charge in [0.2, 0.25) is 0 Å². The number of aromatic amines is 1. The molecule has 1 N–H and O–H groups in total. The number of aryl methyl sites for hydroxylation is 1. The molecule has 0 radical (unpaired) electrons. The average Bonchev–Trinajstić information content (AvgIpc) is 2.87. The van der Waals surface area contributed by atoms with Crippen LogP contribution >= 0.6 is 23.4 Å². The Balaban J connectivity index is 1.58. The van der Waals surface area contributed by atoms with Gasteiger partial charge in [0.1, 0.15) is 0 Å². The van der Waals surface area contributed by atoms with E-state index in [9.17, 15) is 4.79 Å². The number of hydrogen-bond donors (Lipinski definition) is 1. The predicted octanol–water partition coefficient (Wildman–Crippen LogP) is 2.02. The van der Waals surface area contributed by atoms with E-state index in [4.69, 9.17) is 11.6 Å². The Labute approximate surface area is 134 Å². The normalized spacial score (nSPS) is 21.7. The molecular weight excluding hydrogens is 308 g/mol. The van der Waals surface area contributed by atoms with E-state index in [0.717, 1.165) is 31.6 Å². The van der Waals surface area contributed by atoms with Crippen LogP contribution in [0.15, 0.2) is 0 Å². The number of nitrogens with one attached hydrogen (secondary N) is 1. The Hall–Kier alpha value is -0.720. The molecule has 7 heteroatoms. The number of halogens is 1. The van der Waals surface area contributed by atoms with Gasteiger partial charge in [0.15, 0.2) is 5.69 Å². The summed E-state index contributed by atoms with van der Waals surface area (Å²) in [4.78, 5) is 16.9. The van der Waals surface area contributed by atoms with E-state index in [1.54, 1.807) is 0 Å². The van der Waals surface area contributed by atoms with Gasteiger partial charge in [0.25, 0.3) is 5.91 Å². The largest absolute Gasteiger partial charge is 0.337 e. The maximum atomic E-state index is 12.5. The molecule has 5 nitrogen and oxygen atoms in total. The summed E-state index contributed by atoms with van der Waals surface area (Å²) in [6.07, 6.45) is 2.11. The Bertz CT molecular complexity index is 507. The predicted molar refractivity (Wildman–Crippen MR) is 86.2 cm³/mol. The van der Waals surface area contributed by atoms with Crippen molar-refractivity contribution < 1.29 is 4.79 Å². The molecule has 0 aliphatic carbocycles. The standard InChI is InChI=1S/C14H21ClN4OS/c1-10-12(15)13(17-16-10)14(20)19-4-2-11(3-5-19)18-6-8-21-9-7-18/h11H,2-9H2,1H3,(H,16,17). The van der Waals surface area contributed by atoms with Gasteiger partial charge in [-0.2, -0.15) is 16.9 Å². The fraction of sp³-hybridized carbons (Fsp3) is 0.714. The van der Waals surface area contributed by atoms with Crippen LogP contribution in [0.4, 0.5) is 0 Å². The minimum Gasteiger partial charge on any atom is -0.337 e. The molecule has 2 aliphatic rings. The molecule has 0 aromatic carbocycles. The van der Waals surface area contributed by atoms with Gasteiger partial charge in [-0.1, -0.05) is 11.6 Å². The number of aromatic nitrogens is 2. The fourth-order valence-corrected chi connectivity index (χ4v) is 4.18. The number of piperidine rings is 1. The fourth-order valence-electron chi connectivity index (χ4n) is 3.08. The maximum Gasteiger partial charge on any atom is 0.275 e. The number of thioether (sulfide) groups is 1. The molecule has 1 aromatic rings. The summed E-state index contributed by atoms with van der Waals surface area (Å²) in [5.41, 5.74) is 1.11. The summed E-state index contributed by atoms with van der Waals surface area (Å²) in [5, 5.41) is 7.27. The molecular formula is C14H21ClN4OS. The van der Waals surface area contributed by atoms with E-state index in [1.165, 1.54) is 24.6 Å². The first kappa shape index (κ1) is 15.2. The Morgan fingerprint density at radius 1 is 1.29 bits per heavy atom. The summed E-state index contributed by atoms with van der Waals surface area (Å²) in [6, 6.07) is 0.631. The van der Waals surface area contributed by atoms with Crippen LogP contribution in [-0.2, 0) is 0 Å². The highest BCUT2D eigenvalue weighted by Crippen LogP contribution is 2.24. The van der Waals surface area contributed by atoms with Crippen molar-refractivity contribution in [1.82, 2.24) is 20.0 Å². The third-order valence-corrected chi connectivity index (χ3v) is 5.79. The monoisotopic (exact) mass is 328 g/mol. The SMILES string of the molecule is Cc1[nH]nc(C(=O)N2CCC(N3CCSCC3)CC2)c1Cl. The maximum absolute atomic E-state index is 12.5. The van der Waals surface area contributed by atoms with Crippen LogP contribution in [0.5, 0.6) is 0 Å². The molecule has 0 atom stereocenters. The van der Waals surface area contributed by atoms with Crippen LogP contribution in [-0.4, -0.2) is 69.6 Å². The molecule has 0 saturated carbocycles. The van der Waals surface area contributed by atoms with Gasteiger partial charge in [-0.25, -0.2) is 0 Å². The molecule has 0 unspecified atom stereocenters. The van der Waals surface area contributed by atoms with Crippen LogP contribution in [0.25, 0.3) is 0 Å². The zero-order chi connectivity index (χ0) is 14.8. The number of amides is 1. The number of rotatable bonds is 2. The van der Waals surface area contributed by atoms with E-state index in [1.807, 2.05) is 23.6 Å². The van der Waals surface area contributed by atoms with Crippen LogP contribution in [0.3, 0.4) is 0 Å². The summed E-state index contributed by atoms with van der Waals surface area (Å²) in [5.74, 6) is 2.43. The second-order valence-electron chi connectivity index (χ2n) is 5.68. The highest BCUT2D eigenvalue weighted by atomic mass is 35.5. The van der Waals surface area contributed by atoms with Crippen molar-refractivity contribution in [3.8, 4) is 0 Å². The number of carbonyl (C=O) groups excluding carboxylic acids is 1. The van der Waals surface area contributed by atoms with Gasteiger partial charge in [-0.3, -0.25) is 14.8 Å². The topological polar surface area (TPSA) is 52.2 Å². The third-order valence-electron chi connectivity index (χ3n) is 4.39. The molecule has 3 heterocycles. The first-order chi connectivity index (χ1) is 10.2. The first-order valence-electron chi connectivity index (χ1n) is 7.48. The zero-order valence-electron chi connectivity index (χ0n) is 12.3. The lowest BCUT2D eigenvalue weighted by Gasteiger charge is -2.39. The molecule has 0 bridgehead atoms. The molecule has 2 saturated heterocycles. The second kappa shape index (κ2) is 6.58. The minimum absolute atomic E-state index is 0.0444. The van der Waals surface area contributed by atoms with Gasteiger partial charge in [0.05, 0.1) is 10.7 Å². The number of nitrogens with zero attached hydrogens (tertiary/aromatic N) is 3. The van der Waals surface area contributed by atoms with Crippen molar-refractivity contribution in [3.63, 3.8) is 0 Å². The van der Waals surface area contributed by atoms with Crippen LogP contribution in [0.1, 0.15) is 29.0 Å². The summed E-state index contributed by atoms with van der Waals surface area (Å²) >= 11 is 8.16. The van der Waals surface area contributed by atoms with Gasteiger partial charge >= 0.3 is 0 Å². The third kappa shape index (κ3) is 3.22. The van der Waals surface area contributed by atoms with E-state index in [2.05, 4.69) is 15.1 Å². The number of hydrogen-bond acceptors (Lipinski definition) is 4. The van der Waals surface area contributed by atoms with Crippen molar-refractivity contribution in [3.05, 3.63) is 16.4 Å². The highest BCUT2D eigenvalue weighted by Gasteiger charge is 2.30. The van der Waals surface area contributed by atoms with E-state index in [-0.39, 0.29) is 5.91 Å². The molecule has 1 aromatic heterocycles. The van der Waals surface area contributed by atoms with Crippen LogP contribution < -0.4 is 0 Å². The van der Waals surface area contributed by atoms with E-state index >= 15 is 0 Å². The summed E-state index contributed by atoms with van der Waals surface area (Å²) in [7, 11) is 0. The smallest absolute Gasteiger partial charge is 0.275 e. The molecule has 1 amide bonds. The Kier molecular flexibility index (Phi) is 4.76. The Morgan fingerprint density at radius 2 is 1.95 bits per heavy atom. The molecule has 0 spiro atoms. The number of H-pyrrole nitrogens is 1. The van der Waals surface area contributed by atoms with Crippen molar-refractivity contribution in [2.75, 3.05) is 37.7 Å². The second-order valence-corrected chi connectivity index (χ2v) is 7.29. The van der Waals surface area contributed by atoms with Gasteiger partial charge in [-0.15, -0.1) is 0 Å². The zero-order valence-corrected chi connectivity index (χ0v) is 13.8. The van der Waals surface area contributed by atoms with Gasteiger partial charge < -0.3 is 4.90 Å². The van der Waals surface area contributed by atoms with Crippen molar-refractivity contribution >= 4 is 29.3 Å². The molecule has 3 rings (SSSR count). The Morgan fingerprint density at radius 3 is 2.52 bits per heavy atom. The molecule has 21 heavy (non-hydrogen) atoms. The number of likely N-dealkylation sites (tertiary alicyclic amines) is 1. The van der Waals surface area contributed by atoms with Crippen LogP contribution in [0, 0.1) is 6.92 Å². The van der Waals surface area contributed by atoms with E-state index < -0.39 is 0 Å². The lowest BCUT2D eigenvalue weighted by molar-refractivity contribution is 0.0625. The molecule has 2 aliphatic heterocycles. The molecule has 116 valence electrons. The van der Waals surface area contributed by atoms with Gasteiger partial charge in [-0.05, 0) is 19.8 Å². The van der Waals surface area contributed by atoms with Crippen molar-refractivity contribution in [2.45, 2.75) is 25.8 Å². The number of carbonyl (C=O) groups is 1. The lowest BCUT2D eigenvalue weighted by Crippen LogP contribution is -2.49. The first-order valence-corrected chi connectivity index (χ1v) is 9.01. The average molecular weight is 329 g/mol.